The molecule has 1 atom stereocenters. The highest BCUT2D eigenvalue weighted by atomic mass is 19.1. The van der Waals surface area contributed by atoms with Crippen molar-refractivity contribution in [3.05, 3.63) is 29.1 Å². The molecule has 0 radical (unpaired) electrons. The number of hydrazine groups is 1. The Bertz CT molecular complexity index is 782. The van der Waals surface area contributed by atoms with Gasteiger partial charge in [0, 0.05) is 6.54 Å². The molecule has 0 aromatic heterocycles. The van der Waals surface area contributed by atoms with Crippen LogP contribution in [-0.4, -0.2) is 41.5 Å². The van der Waals surface area contributed by atoms with Crippen molar-refractivity contribution in [1.29, 1.82) is 0 Å². The smallest absolute Gasteiger partial charge is 0.344 e. The summed E-state index contributed by atoms with van der Waals surface area (Å²) in [6.07, 6.45) is 1.97. The van der Waals surface area contributed by atoms with E-state index < -0.39 is 23.4 Å². The molecule has 1 fully saturated rings. The third-order valence-corrected chi connectivity index (χ3v) is 5.02. The predicted molar refractivity (Wildman–Crippen MR) is 93.9 cm³/mol. The van der Waals surface area contributed by atoms with Gasteiger partial charge in [-0.1, -0.05) is 13.0 Å². The van der Waals surface area contributed by atoms with Gasteiger partial charge in [-0.25, -0.2) is 9.18 Å². The molecule has 7 nitrogen and oxygen atoms in total. The molecule has 8 heteroatoms. The molecule has 0 aliphatic carbocycles. The summed E-state index contributed by atoms with van der Waals surface area (Å²) in [4.78, 5) is 38.4. The van der Waals surface area contributed by atoms with E-state index in [4.69, 9.17) is 0 Å². The Morgan fingerprint density at radius 1 is 1.38 bits per heavy atom. The number of carbonyl (C=O) groups excluding carboxylic acids is 3. The maximum Gasteiger partial charge on any atom is 0.344 e. The number of rotatable bonds is 4. The second-order valence-electron chi connectivity index (χ2n) is 7.07. The van der Waals surface area contributed by atoms with E-state index in [-0.39, 0.29) is 12.4 Å². The van der Waals surface area contributed by atoms with Gasteiger partial charge in [0.05, 0.1) is 12.2 Å². The molecule has 0 saturated carbocycles. The Morgan fingerprint density at radius 2 is 2.12 bits per heavy atom. The Morgan fingerprint density at radius 3 is 2.77 bits per heavy atom. The minimum absolute atomic E-state index is 0.132. The van der Waals surface area contributed by atoms with Crippen LogP contribution in [-0.2, 0) is 16.0 Å². The lowest BCUT2D eigenvalue weighted by Crippen LogP contribution is -2.51. The molecule has 2 N–H and O–H groups in total. The first-order chi connectivity index (χ1) is 12.2. The van der Waals surface area contributed by atoms with E-state index in [2.05, 4.69) is 10.7 Å². The van der Waals surface area contributed by atoms with Gasteiger partial charge in [-0.15, -0.1) is 0 Å². The first kappa shape index (κ1) is 18.2. The third kappa shape index (κ3) is 3.11. The number of anilines is 1. The minimum atomic E-state index is -1.02. The van der Waals surface area contributed by atoms with Crippen LogP contribution in [0.2, 0.25) is 0 Å². The van der Waals surface area contributed by atoms with Gasteiger partial charge in [0.1, 0.15) is 11.4 Å². The van der Waals surface area contributed by atoms with Crippen LogP contribution in [0.3, 0.4) is 0 Å². The summed E-state index contributed by atoms with van der Waals surface area (Å²) < 4.78 is 14.4. The second kappa shape index (κ2) is 6.59. The number of hydrogen-bond acceptors (Lipinski definition) is 4. The molecule has 0 spiro atoms. The van der Waals surface area contributed by atoms with Crippen LogP contribution in [0.5, 0.6) is 0 Å². The van der Waals surface area contributed by atoms with Gasteiger partial charge in [-0.05, 0) is 50.3 Å². The summed E-state index contributed by atoms with van der Waals surface area (Å²) in [6.45, 7) is 5.62. The van der Waals surface area contributed by atoms with Crippen LogP contribution in [0.15, 0.2) is 12.1 Å². The van der Waals surface area contributed by atoms with E-state index in [0.717, 1.165) is 24.0 Å². The average molecular weight is 362 g/mol. The van der Waals surface area contributed by atoms with Gasteiger partial charge >= 0.3 is 6.03 Å². The van der Waals surface area contributed by atoms with Crippen molar-refractivity contribution in [3.63, 3.8) is 0 Å². The molecule has 140 valence electrons. The number of amides is 4. The number of benzene rings is 1. The molecule has 4 amide bonds. The summed E-state index contributed by atoms with van der Waals surface area (Å²) >= 11 is 0. The van der Waals surface area contributed by atoms with E-state index >= 15 is 0 Å². The maximum absolute atomic E-state index is 14.4. The van der Waals surface area contributed by atoms with Gasteiger partial charge in [0.15, 0.2) is 0 Å². The number of fused-ring (bicyclic) bond motifs is 1. The zero-order valence-corrected chi connectivity index (χ0v) is 15.2. The average Bonchev–Trinajstić information content (AvgIpc) is 2.78. The summed E-state index contributed by atoms with van der Waals surface area (Å²) in [6, 6.07) is 2.71. The minimum Gasteiger partial charge on any atom is -0.360 e. The van der Waals surface area contributed by atoms with Crippen LogP contribution in [0, 0.1) is 12.7 Å². The van der Waals surface area contributed by atoms with Crippen LogP contribution in [0.25, 0.3) is 0 Å². The van der Waals surface area contributed by atoms with Crippen LogP contribution < -0.4 is 15.6 Å². The standard InChI is InChI=1S/C18H23FN4O3/c1-4-18(3)16(25)23(17(26)20-18)21-14(24)10-22-7-5-6-12-8-11(2)9-13(19)15(12)22/h8-9H,4-7,10H2,1-3H3,(H,20,26)(H,21,24). The monoisotopic (exact) mass is 362 g/mol. The molecule has 26 heavy (non-hydrogen) atoms. The molecule has 1 unspecified atom stereocenters. The maximum atomic E-state index is 14.4. The predicted octanol–water partition coefficient (Wildman–Crippen LogP) is 1.64. The number of halogens is 1. The second-order valence-corrected chi connectivity index (χ2v) is 7.07. The number of nitrogens with one attached hydrogen (secondary N) is 2. The SMILES string of the molecule is CCC1(C)NC(=O)N(NC(=O)CN2CCCc3cc(C)cc(F)c32)C1=O. The third-order valence-electron chi connectivity index (χ3n) is 5.02. The summed E-state index contributed by atoms with van der Waals surface area (Å²) in [5.41, 5.74) is 3.46. The Balaban J connectivity index is 1.73. The number of hydrogen-bond donors (Lipinski definition) is 2. The highest BCUT2D eigenvalue weighted by Crippen LogP contribution is 2.31. The molecule has 3 rings (SSSR count). The van der Waals surface area contributed by atoms with Crippen molar-refractivity contribution in [3.8, 4) is 0 Å². The lowest BCUT2D eigenvalue weighted by molar-refractivity contribution is -0.138. The number of urea groups is 1. The van der Waals surface area contributed by atoms with Gasteiger partial charge in [-0.2, -0.15) is 5.01 Å². The largest absolute Gasteiger partial charge is 0.360 e. The normalized spacial score (nSPS) is 22.3. The fourth-order valence-electron chi connectivity index (χ4n) is 3.44. The van der Waals surface area contributed by atoms with Crippen molar-refractivity contribution in [2.75, 3.05) is 18.0 Å². The number of nitrogens with zero attached hydrogens (tertiary/aromatic N) is 2. The first-order valence-electron chi connectivity index (χ1n) is 8.75. The summed E-state index contributed by atoms with van der Waals surface area (Å²) in [5, 5.41) is 3.28. The van der Waals surface area contributed by atoms with Gasteiger partial charge in [0.2, 0.25) is 0 Å². The molecule has 2 heterocycles. The van der Waals surface area contributed by atoms with E-state index in [1.807, 2.05) is 13.0 Å². The van der Waals surface area contributed by atoms with Crippen molar-refractivity contribution in [2.24, 2.45) is 0 Å². The van der Waals surface area contributed by atoms with Gasteiger partial charge in [-0.3, -0.25) is 15.0 Å². The lowest BCUT2D eigenvalue weighted by atomic mass is 9.99. The quantitative estimate of drug-likeness (QED) is 0.798. The summed E-state index contributed by atoms with van der Waals surface area (Å²) in [7, 11) is 0. The molecule has 0 bridgehead atoms. The topological polar surface area (TPSA) is 81.8 Å². The molecule has 1 aromatic rings. The van der Waals surface area contributed by atoms with E-state index in [0.29, 0.717) is 23.7 Å². The summed E-state index contributed by atoms with van der Waals surface area (Å²) in [5.74, 6) is -1.40. The van der Waals surface area contributed by atoms with Crippen LogP contribution >= 0.6 is 0 Å². The van der Waals surface area contributed by atoms with Crippen molar-refractivity contribution in [2.45, 2.75) is 45.6 Å². The Kier molecular flexibility index (Phi) is 4.60. The molecule has 1 aromatic carbocycles. The Hall–Kier alpha value is -2.64. The molecule has 1 saturated heterocycles. The lowest BCUT2D eigenvalue weighted by Gasteiger charge is -2.31. The van der Waals surface area contributed by atoms with Crippen molar-refractivity contribution >= 4 is 23.5 Å². The number of aryl methyl sites for hydroxylation is 2. The van der Waals surface area contributed by atoms with Crippen LogP contribution in [0.1, 0.15) is 37.8 Å². The van der Waals surface area contributed by atoms with Crippen molar-refractivity contribution in [1.82, 2.24) is 15.8 Å². The zero-order valence-electron chi connectivity index (χ0n) is 15.2. The Labute approximate surface area is 151 Å². The highest BCUT2D eigenvalue weighted by Gasteiger charge is 2.47. The fraction of sp³-hybridized carbons (Fsp3) is 0.500. The number of imide groups is 1. The van der Waals surface area contributed by atoms with E-state index in [9.17, 15) is 18.8 Å². The molecular formula is C18H23FN4O3. The van der Waals surface area contributed by atoms with E-state index in [1.165, 1.54) is 6.07 Å². The van der Waals surface area contributed by atoms with Gasteiger partial charge in [0.25, 0.3) is 11.8 Å². The highest BCUT2D eigenvalue weighted by molar-refractivity contribution is 6.07. The zero-order chi connectivity index (χ0) is 19.1. The van der Waals surface area contributed by atoms with Crippen LogP contribution in [0.4, 0.5) is 14.9 Å². The molecular weight excluding hydrogens is 339 g/mol. The number of carbonyl (C=O) groups is 3. The van der Waals surface area contributed by atoms with Gasteiger partial charge < -0.3 is 10.2 Å². The molecule has 2 aliphatic heterocycles. The van der Waals surface area contributed by atoms with Crippen molar-refractivity contribution < 1.29 is 18.8 Å². The fourth-order valence-corrected chi connectivity index (χ4v) is 3.44. The molecule has 2 aliphatic rings. The first-order valence-corrected chi connectivity index (χ1v) is 8.75. The van der Waals surface area contributed by atoms with E-state index in [1.54, 1.807) is 18.7 Å².